The number of amides is 1. The van der Waals surface area contributed by atoms with Gasteiger partial charge in [0.15, 0.2) is 0 Å². The van der Waals surface area contributed by atoms with Gasteiger partial charge in [-0.3, -0.25) is 4.79 Å². The van der Waals surface area contributed by atoms with Gasteiger partial charge in [0, 0.05) is 29.3 Å². The van der Waals surface area contributed by atoms with Crippen LogP contribution >= 0.6 is 15.9 Å². The first-order chi connectivity index (χ1) is 8.38. The van der Waals surface area contributed by atoms with Crippen LogP contribution in [0.1, 0.15) is 44.2 Å². The van der Waals surface area contributed by atoms with Gasteiger partial charge in [-0.1, -0.05) is 6.08 Å². The lowest BCUT2D eigenvalue weighted by molar-refractivity contribution is 0.0716. The predicted octanol–water partition coefficient (Wildman–Crippen LogP) is 3.87. The molecule has 0 fully saturated rings. The van der Waals surface area contributed by atoms with Crippen LogP contribution in [0.4, 0.5) is 0 Å². The fraction of sp³-hybridized carbons (Fsp3) is 0.500. The van der Waals surface area contributed by atoms with E-state index in [1.807, 2.05) is 35.6 Å². The quantitative estimate of drug-likeness (QED) is 0.758. The van der Waals surface area contributed by atoms with Crippen LogP contribution in [-0.2, 0) is 0 Å². The summed E-state index contributed by atoms with van der Waals surface area (Å²) in [5.74, 6) is 0.0456. The number of carbonyl (C=O) groups excluding carboxylic acids is 1. The van der Waals surface area contributed by atoms with Crippen LogP contribution in [0.5, 0.6) is 0 Å². The number of nitrogens with zero attached hydrogens (tertiary/aromatic N) is 2. The molecule has 1 amide bonds. The molecule has 0 bridgehead atoms. The molecule has 0 radical (unpaired) electrons. The van der Waals surface area contributed by atoms with Crippen LogP contribution in [0.2, 0.25) is 0 Å². The Labute approximate surface area is 118 Å². The maximum Gasteiger partial charge on any atom is 0.271 e. The van der Waals surface area contributed by atoms with Gasteiger partial charge in [-0.15, -0.1) is 6.58 Å². The zero-order valence-electron chi connectivity index (χ0n) is 11.5. The molecule has 1 rings (SSSR count). The lowest BCUT2D eigenvalue weighted by Crippen LogP contribution is -2.38. The molecule has 18 heavy (non-hydrogen) atoms. The van der Waals surface area contributed by atoms with Crippen molar-refractivity contribution in [2.75, 3.05) is 6.54 Å². The van der Waals surface area contributed by atoms with Gasteiger partial charge in [0.25, 0.3) is 5.91 Å². The average Bonchev–Trinajstić information content (AvgIpc) is 2.67. The molecular formula is C14H21BrN2O. The highest BCUT2D eigenvalue weighted by Crippen LogP contribution is 2.21. The summed E-state index contributed by atoms with van der Waals surface area (Å²) in [5, 5.41) is 0. The first-order valence-electron chi connectivity index (χ1n) is 6.17. The van der Waals surface area contributed by atoms with Crippen LogP contribution in [0.3, 0.4) is 0 Å². The van der Waals surface area contributed by atoms with E-state index < -0.39 is 0 Å². The van der Waals surface area contributed by atoms with Gasteiger partial charge in [0.05, 0.1) is 0 Å². The number of hydrogen-bond donors (Lipinski definition) is 0. The van der Waals surface area contributed by atoms with Gasteiger partial charge in [-0.2, -0.15) is 0 Å². The molecule has 0 atom stereocenters. The Morgan fingerprint density at radius 2 is 2.11 bits per heavy atom. The smallest absolute Gasteiger partial charge is 0.271 e. The van der Waals surface area contributed by atoms with E-state index in [-0.39, 0.29) is 18.0 Å². The van der Waals surface area contributed by atoms with Crippen LogP contribution < -0.4 is 0 Å². The molecule has 1 aromatic rings. The standard InChI is InChI=1S/C14H21BrN2O/c1-6-7-16(10(2)3)14(18)13-8-12(15)9-17(13)11(4)5/h6,8-11H,1,7H2,2-5H3. The third-order valence-corrected chi connectivity index (χ3v) is 3.23. The molecular weight excluding hydrogens is 292 g/mol. The SMILES string of the molecule is C=CCN(C(=O)c1cc(Br)cn1C(C)C)C(C)C. The molecule has 0 aliphatic heterocycles. The highest BCUT2D eigenvalue weighted by Gasteiger charge is 2.22. The first kappa shape index (κ1) is 15.0. The summed E-state index contributed by atoms with van der Waals surface area (Å²) in [7, 11) is 0. The largest absolute Gasteiger partial charge is 0.340 e. The minimum Gasteiger partial charge on any atom is -0.340 e. The number of rotatable bonds is 5. The van der Waals surface area contributed by atoms with Crippen molar-refractivity contribution in [1.29, 1.82) is 0 Å². The van der Waals surface area contributed by atoms with Crippen LogP contribution in [-0.4, -0.2) is 28.0 Å². The third-order valence-electron chi connectivity index (χ3n) is 2.80. The second kappa shape index (κ2) is 6.23. The molecule has 4 heteroatoms. The van der Waals surface area contributed by atoms with Gasteiger partial charge in [-0.25, -0.2) is 0 Å². The molecule has 1 aromatic heterocycles. The molecule has 100 valence electrons. The Kier molecular flexibility index (Phi) is 5.20. The number of carbonyl (C=O) groups is 1. The maximum absolute atomic E-state index is 12.6. The second-order valence-corrected chi connectivity index (χ2v) is 5.80. The Balaban J connectivity index is 3.11. The normalized spacial score (nSPS) is 11.1. The van der Waals surface area contributed by atoms with Crippen molar-refractivity contribution in [3.8, 4) is 0 Å². The first-order valence-corrected chi connectivity index (χ1v) is 6.97. The van der Waals surface area contributed by atoms with E-state index >= 15 is 0 Å². The zero-order chi connectivity index (χ0) is 13.9. The van der Waals surface area contributed by atoms with Crippen molar-refractivity contribution in [3.63, 3.8) is 0 Å². The third kappa shape index (κ3) is 3.25. The number of aromatic nitrogens is 1. The molecule has 0 spiro atoms. The van der Waals surface area contributed by atoms with Crippen LogP contribution in [0.15, 0.2) is 29.4 Å². The summed E-state index contributed by atoms with van der Waals surface area (Å²) in [6.07, 6.45) is 3.71. The van der Waals surface area contributed by atoms with Crippen molar-refractivity contribution < 1.29 is 4.79 Å². The summed E-state index contributed by atoms with van der Waals surface area (Å²) >= 11 is 3.43. The minimum atomic E-state index is 0.0456. The Bertz CT molecular complexity index is 435. The van der Waals surface area contributed by atoms with Crippen molar-refractivity contribution >= 4 is 21.8 Å². The minimum absolute atomic E-state index is 0.0456. The Morgan fingerprint density at radius 3 is 2.56 bits per heavy atom. The summed E-state index contributed by atoms with van der Waals surface area (Å²) < 4.78 is 2.92. The predicted molar refractivity (Wildman–Crippen MR) is 78.9 cm³/mol. The van der Waals surface area contributed by atoms with Gasteiger partial charge in [0.1, 0.15) is 5.69 Å². The topological polar surface area (TPSA) is 25.2 Å². The fourth-order valence-electron chi connectivity index (χ4n) is 1.86. The highest BCUT2D eigenvalue weighted by atomic mass is 79.9. The lowest BCUT2D eigenvalue weighted by Gasteiger charge is -2.26. The van der Waals surface area contributed by atoms with Gasteiger partial charge < -0.3 is 9.47 Å². The molecule has 0 unspecified atom stereocenters. The lowest BCUT2D eigenvalue weighted by atomic mass is 10.2. The van der Waals surface area contributed by atoms with E-state index in [0.717, 1.165) is 4.47 Å². The van der Waals surface area contributed by atoms with Crippen molar-refractivity contribution in [1.82, 2.24) is 9.47 Å². The summed E-state index contributed by atoms with van der Waals surface area (Å²) in [4.78, 5) is 14.4. The molecule has 0 N–H and O–H groups in total. The summed E-state index contributed by atoms with van der Waals surface area (Å²) in [6.45, 7) is 12.4. The van der Waals surface area contributed by atoms with E-state index in [9.17, 15) is 4.79 Å². The van der Waals surface area contributed by atoms with E-state index in [4.69, 9.17) is 0 Å². The number of halogens is 1. The fourth-order valence-corrected chi connectivity index (χ4v) is 2.30. The molecule has 0 aliphatic carbocycles. The molecule has 0 saturated heterocycles. The zero-order valence-corrected chi connectivity index (χ0v) is 13.1. The van der Waals surface area contributed by atoms with Crippen LogP contribution in [0.25, 0.3) is 0 Å². The van der Waals surface area contributed by atoms with Gasteiger partial charge in [0.2, 0.25) is 0 Å². The van der Waals surface area contributed by atoms with E-state index in [1.54, 1.807) is 6.08 Å². The average molecular weight is 313 g/mol. The summed E-state index contributed by atoms with van der Waals surface area (Å²) in [6, 6.07) is 2.29. The Morgan fingerprint density at radius 1 is 1.50 bits per heavy atom. The van der Waals surface area contributed by atoms with Crippen LogP contribution in [0, 0.1) is 0 Å². The van der Waals surface area contributed by atoms with E-state index in [0.29, 0.717) is 12.2 Å². The molecule has 0 aromatic carbocycles. The maximum atomic E-state index is 12.6. The second-order valence-electron chi connectivity index (χ2n) is 4.88. The Hall–Kier alpha value is -1.03. The van der Waals surface area contributed by atoms with Crippen molar-refractivity contribution in [2.24, 2.45) is 0 Å². The van der Waals surface area contributed by atoms with Crippen molar-refractivity contribution in [2.45, 2.75) is 39.8 Å². The van der Waals surface area contributed by atoms with Crippen molar-refractivity contribution in [3.05, 3.63) is 35.1 Å². The van der Waals surface area contributed by atoms with E-state index in [2.05, 4.69) is 36.4 Å². The summed E-state index contributed by atoms with van der Waals surface area (Å²) in [5.41, 5.74) is 0.715. The number of hydrogen-bond acceptors (Lipinski definition) is 1. The molecule has 0 aliphatic rings. The molecule has 0 saturated carbocycles. The monoisotopic (exact) mass is 312 g/mol. The van der Waals surface area contributed by atoms with E-state index in [1.165, 1.54) is 0 Å². The molecule has 1 heterocycles. The highest BCUT2D eigenvalue weighted by molar-refractivity contribution is 9.10. The molecule has 3 nitrogen and oxygen atoms in total. The van der Waals surface area contributed by atoms with Gasteiger partial charge in [-0.05, 0) is 49.7 Å². The van der Waals surface area contributed by atoms with Gasteiger partial charge >= 0.3 is 0 Å².